The molecule has 0 bridgehead atoms. The average Bonchev–Trinajstić information content (AvgIpc) is 2.83. The monoisotopic (exact) mass is 254 g/mol. The number of hydrogen-bond acceptors (Lipinski definition) is 4. The number of aryl methyl sites for hydroxylation is 1. The van der Waals surface area contributed by atoms with Crippen LogP contribution in [-0.2, 0) is 17.7 Å². The summed E-state index contributed by atoms with van der Waals surface area (Å²) >= 11 is 0. The Morgan fingerprint density at radius 3 is 2.78 bits per heavy atom. The van der Waals surface area contributed by atoms with Crippen molar-refractivity contribution in [2.24, 2.45) is 0 Å². The summed E-state index contributed by atoms with van der Waals surface area (Å²) in [7, 11) is 1.76. The fourth-order valence-corrected chi connectivity index (χ4v) is 2.05. The zero-order chi connectivity index (χ0) is 13.4. The molecule has 0 aliphatic carbocycles. The van der Waals surface area contributed by atoms with E-state index in [1.165, 1.54) is 0 Å². The predicted molar refractivity (Wildman–Crippen MR) is 72.6 cm³/mol. The quantitative estimate of drug-likeness (QED) is 0.728. The third-order valence-corrected chi connectivity index (χ3v) is 3.24. The first-order valence-corrected chi connectivity index (χ1v) is 6.84. The largest absolute Gasteiger partial charge is 0.382 e. The minimum absolute atomic E-state index is 0.315. The van der Waals surface area contributed by atoms with Crippen molar-refractivity contribution in [3.8, 4) is 0 Å². The Bertz CT molecular complexity index is 327. The van der Waals surface area contributed by atoms with E-state index in [4.69, 9.17) is 4.74 Å². The molecule has 104 valence electrons. The number of nitrogens with zero attached hydrogens (tertiary/aromatic N) is 3. The molecule has 0 aliphatic rings. The number of hydrogen-bond donors (Lipinski definition) is 1. The summed E-state index contributed by atoms with van der Waals surface area (Å²) < 4.78 is 7.26. The molecule has 0 saturated heterocycles. The summed E-state index contributed by atoms with van der Waals surface area (Å²) in [6.07, 6.45) is 5.04. The van der Waals surface area contributed by atoms with Crippen LogP contribution >= 0.6 is 0 Å². The lowest BCUT2D eigenvalue weighted by Crippen LogP contribution is -2.33. The van der Waals surface area contributed by atoms with E-state index in [2.05, 4.69) is 36.2 Å². The van der Waals surface area contributed by atoms with Crippen LogP contribution in [0.15, 0.2) is 6.33 Å². The van der Waals surface area contributed by atoms with Gasteiger partial charge in [-0.2, -0.15) is 5.10 Å². The van der Waals surface area contributed by atoms with E-state index in [1.807, 2.05) is 4.68 Å². The maximum Gasteiger partial charge on any atom is 0.138 e. The van der Waals surface area contributed by atoms with Crippen LogP contribution in [0, 0.1) is 0 Å². The van der Waals surface area contributed by atoms with Gasteiger partial charge < -0.3 is 10.1 Å². The summed E-state index contributed by atoms with van der Waals surface area (Å²) in [6.45, 7) is 8.19. The predicted octanol–water partition coefficient (Wildman–Crippen LogP) is 1.63. The van der Waals surface area contributed by atoms with Crippen molar-refractivity contribution in [1.82, 2.24) is 20.1 Å². The first-order valence-electron chi connectivity index (χ1n) is 6.84. The molecule has 1 N–H and O–H groups in total. The molecule has 18 heavy (non-hydrogen) atoms. The Labute approximate surface area is 110 Å². The number of ether oxygens (including phenoxy) is 1. The second kappa shape index (κ2) is 8.21. The molecular formula is C13H26N4O. The van der Waals surface area contributed by atoms with Crippen LogP contribution in [0.4, 0.5) is 0 Å². The van der Waals surface area contributed by atoms with Gasteiger partial charge in [-0.15, -0.1) is 0 Å². The highest BCUT2D eigenvalue weighted by Gasteiger charge is 2.13. The van der Waals surface area contributed by atoms with Crippen LogP contribution in [0.5, 0.6) is 0 Å². The second-order valence-electron chi connectivity index (χ2n) is 4.57. The number of likely N-dealkylation sites (N-methyl/N-ethyl adjacent to an activating group) is 1. The molecule has 2 atom stereocenters. The van der Waals surface area contributed by atoms with Crippen molar-refractivity contribution in [2.75, 3.05) is 13.7 Å². The van der Waals surface area contributed by atoms with Crippen molar-refractivity contribution in [3.05, 3.63) is 12.2 Å². The number of aromatic nitrogens is 3. The zero-order valence-corrected chi connectivity index (χ0v) is 12.0. The van der Waals surface area contributed by atoms with Crippen LogP contribution < -0.4 is 5.32 Å². The van der Waals surface area contributed by atoms with Gasteiger partial charge in [0.2, 0.25) is 0 Å². The lowest BCUT2D eigenvalue weighted by atomic mass is 10.1. The van der Waals surface area contributed by atoms with Crippen LogP contribution in [0.2, 0.25) is 0 Å². The van der Waals surface area contributed by atoms with Gasteiger partial charge in [-0.05, 0) is 33.2 Å². The standard InChI is InChI=1S/C13H26N4O/c1-5-14-12(8-7-11(3)18-4)9-13-15-10-16-17(13)6-2/h10-12,14H,5-9H2,1-4H3. The minimum atomic E-state index is 0.315. The van der Waals surface area contributed by atoms with Crippen LogP contribution in [0.1, 0.15) is 39.4 Å². The van der Waals surface area contributed by atoms with Gasteiger partial charge in [-0.25, -0.2) is 4.98 Å². The normalized spacial score (nSPS) is 14.7. The molecule has 0 amide bonds. The molecule has 2 unspecified atom stereocenters. The molecule has 0 radical (unpaired) electrons. The van der Waals surface area contributed by atoms with Crippen molar-refractivity contribution < 1.29 is 4.74 Å². The zero-order valence-electron chi connectivity index (χ0n) is 12.0. The molecule has 1 heterocycles. The first-order chi connectivity index (χ1) is 8.71. The maximum absolute atomic E-state index is 5.30. The van der Waals surface area contributed by atoms with E-state index in [1.54, 1.807) is 13.4 Å². The highest BCUT2D eigenvalue weighted by molar-refractivity contribution is 4.89. The lowest BCUT2D eigenvalue weighted by Gasteiger charge is -2.19. The number of methoxy groups -OCH3 is 1. The third-order valence-electron chi connectivity index (χ3n) is 3.24. The molecule has 5 nitrogen and oxygen atoms in total. The van der Waals surface area contributed by atoms with Gasteiger partial charge in [0.15, 0.2) is 0 Å². The summed E-state index contributed by atoms with van der Waals surface area (Å²) in [5.74, 6) is 1.06. The topological polar surface area (TPSA) is 52.0 Å². The fourth-order valence-electron chi connectivity index (χ4n) is 2.05. The fraction of sp³-hybridized carbons (Fsp3) is 0.846. The third kappa shape index (κ3) is 4.74. The van der Waals surface area contributed by atoms with Crippen molar-refractivity contribution in [1.29, 1.82) is 0 Å². The molecule has 1 aromatic rings. The minimum Gasteiger partial charge on any atom is -0.382 e. The first kappa shape index (κ1) is 15.1. The van der Waals surface area contributed by atoms with Gasteiger partial charge in [-0.3, -0.25) is 4.68 Å². The van der Waals surface area contributed by atoms with Crippen LogP contribution in [0.25, 0.3) is 0 Å². The van der Waals surface area contributed by atoms with Gasteiger partial charge in [0.05, 0.1) is 6.10 Å². The summed E-state index contributed by atoms with van der Waals surface area (Å²) in [4.78, 5) is 4.34. The smallest absolute Gasteiger partial charge is 0.138 e. The molecule has 5 heteroatoms. The highest BCUT2D eigenvalue weighted by atomic mass is 16.5. The van der Waals surface area contributed by atoms with E-state index in [0.29, 0.717) is 12.1 Å². The van der Waals surface area contributed by atoms with Gasteiger partial charge in [0.25, 0.3) is 0 Å². The van der Waals surface area contributed by atoms with Crippen molar-refractivity contribution in [3.63, 3.8) is 0 Å². The molecule has 0 spiro atoms. The van der Waals surface area contributed by atoms with Gasteiger partial charge in [0.1, 0.15) is 12.2 Å². The lowest BCUT2D eigenvalue weighted by molar-refractivity contribution is 0.106. The molecule has 0 fully saturated rings. The Morgan fingerprint density at radius 1 is 1.39 bits per heavy atom. The van der Waals surface area contributed by atoms with Crippen LogP contribution in [-0.4, -0.2) is 40.6 Å². The highest BCUT2D eigenvalue weighted by Crippen LogP contribution is 2.09. The molecular weight excluding hydrogens is 228 g/mol. The van der Waals surface area contributed by atoms with Gasteiger partial charge >= 0.3 is 0 Å². The van der Waals surface area contributed by atoms with E-state index in [9.17, 15) is 0 Å². The number of rotatable bonds is 9. The molecule has 0 saturated carbocycles. The summed E-state index contributed by atoms with van der Waals surface area (Å²) in [5.41, 5.74) is 0. The van der Waals surface area contributed by atoms with E-state index >= 15 is 0 Å². The summed E-state index contributed by atoms with van der Waals surface area (Å²) in [6, 6.07) is 0.446. The molecule has 0 aromatic carbocycles. The van der Waals surface area contributed by atoms with E-state index in [0.717, 1.165) is 38.2 Å². The molecule has 0 aliphatic heterocycles. The van der Waals surface area contributed by atoms with Crippen LogP contribution in [0.3, 0.4) is 0 Å². The second-order valence-corrected chi connectivity index (χ2v) is 4.57. The maximum atomic E-state index is 5.30. The Balaban J connectivity index is 2.51. The Hall–Kier alpha value is -0.940. The Kier molecular flexibility index (Phi) is 6.90. The Morgan fingerprint density at radius 2 is 2.17 bits per heavy atom. The van der Waals surface area contributed by atoms with Gasteiger partial charge in [-0.1, -0.05) is 6.92 Å². The molecule has 1 rings (SSSR count). The average molecular weight is 254 g/mol. The van der Waals surface area contributed by atoms with Crippen molar-refractivity contribution >= 4 is 0 Å². The summed E-state index contributed by atoms with van der Waals surface area (Å²) in [5, 5.41) is 7.73. The van der Waals surface area contributed by atoms with E-state index in [-0.39, 0.29) is 0 Å². The molecule has 1 aromatic heterocycles. The SMILES string of the molecule is CCNC(CCC(C)OC)Cc1ncnn1CC. The van der Waals surface area contributed by atoms with Gasteiger partial charge in [0, 0.05) is 26.1 Å². The van der Waals surface area contributed by atoms with E-state index < -0.39 is 0 Å². The number of nitrogens with one attached hydrogen (secondary N) is 1. The van der Waals surface area contributed by atoms with Crippen molar-refractivity contribution in [2.45, 2.75) is 58.7 Å².